The number of hydrogen-bond acceptors (Lipinski definition) is 1. The van der Waals surface area contributed by atoms with Crippen LogP contribution < -0.4 is 0 Å². The van der Waals surface area contributed by atoms with Gasteiger partial charge in [0.2, 0.25) is 0 Å². The fraction of sp³-hybridized carbons (Fsp3) is 0.538. The van der Waals surface area contributed by atoms with E-state index in [4.69, 9.17) is 0 Å². The number of hydrogen-bond donors (Lipinski definition) is 1. The molecule has 0 aromatic carbocycles. The van der Waals surface area contributed by atoms with Crippen molar-refractivity contribution in [3.8, 4) is 0 Å². The highest BCUT2D eigenvalue weighted by Crippen LogP contribution is 2.33. The highest BCUT2D eigenvalue weighted by molar-refractivity contribution is 5.17. The standard InChI is InChI=1S/C13H18O/c1-10-6-2-3-7-11(10)12-8-4-5-9-13(12)14/h2-4,6-8,10-14H,5,9H2,1H3. The monoisotopic (exact) mass is 190 g/mol. The van der Waals surface area contributed by atoms with Crippen LogP contribution in [-0.4, -0.2) is 11.2 Å². The largest absolute Gasteiger partial charge is 0.392 e. The van der Waals surface area contributed by atoms with Gasteiger partial charge >= 0.3 is 0 Å². The van der Waals surface area contributed by atoms with E-state index >= 15 is 0 Å². The van der Waals surface area contributed by atoms with E-state index in [1.807, 2.05) is 0 Å². The van der Waals surface area contributed by atoms with E-state index in [1.165, 1.54) is 0 Å². The van der Waals surface area contributed by atoms with Crippen LogP contribution in [0.4, 0.5) is 0 Å². The van der Waals surface area contributed by atoms with Crippen LogP contribution >= 0.6 is 0 Å². The molecule has 0 aliphatic heterocycles. The molecular formula is C13H18O. The summed E-state index contributed by atoms with van der Waals surface area (Å²) in [6.45, 7) is 2.22. The van der Waals surface area contributed by atoms with Gasteiger partial charge in [-0.1, -0.05) is 43.4 Å². The first-order valence-corrected chi connectivity index (χ1v) is 5.49. The Morgan fingerprint density at radius 3 is 2.57 bits per heavy atom. The molecule has 14 heavy (non-hydrogen) atoms. The minimum atomic E-state index is -0.149. The number of aliphatic hydroxyl groups excluding tert-OH is 1. The molecule has 2 aliphatic rings. The molecule has 1 N–H and O–H groups in total. The molecule has 0 saturated carbocycles. The second kappa shape index (κ2) is 4.14. The quantitative estimate of drug-likeness (QED) is 0.630. The Hall–Kier alpha value is -0.820. The maximum atomic E-state index is 9.93. The molecule has 0 bridgehead atoms. The van der Waals surface area contributed by atoms with Crippen molar-refractivity contribution in [1.29, 1.82) is 0 Å². The van der Waals surface area contributed by atoms with Gasteiger partial charge < -0.3 is 5.11 Å². The van der Waals surface area contributed by atoms with Gasteiger partial charge in [-0.25, -0.2) is 0 Å². The van der Waals surface area contributed by atoms with Crippen LogP contribution in [0.1, 0.15) is 19.8 Å². The summed E-state index contributed by atoms with van der Waals surface area (Å²) in [6.07, 6.45) is 14.8. The third-order valence-corrected chi connectivity index (χ3v) is 3.34. The molecule has 0 aromatic heterocycles. The van der Waals surface area contributed by atoms with Crippen LogP contribution in [0.25, 0.3) is 0 Å². The molecule has 2 aliphatic carbocycles. The van der Waals surface area contributed by atoms with Crippen LogP contribution in [-0.2, 0) is 0 Å². The molecule has 0 heterocycles. The summed E-state index contributed by atoms with van der Waals surface area (Å²) in [7, 11) is 0. The molecule has 0 fully saturated rings. The zero-order valence-electron chi connectivity index (χ0n) is 8.63. The second-order valence-corrected chi connectivity index (χ2v) is 4.36. The summed E-state index contributed by atoms with van der Waals surface area (Å²) >= 11 is 0. The van der Waals surface area contributed by atoms with Crippen LogP contribution in [0.3, 0.4) is 0 Å². The topological polar surface area (TPSA) is 20.2 Å². The van der Waals surface area contributed by atoms with Crippen molar-refractivity contribution in [2.75, 3.05) is 0 Å². The third-order valence-electron chi connectivity index (χ3n) is 3.34. The Morgan fingerprint density at radius 2 is 1.86 bits per heavy atom. The van der Waals surface area contributed by atoms with Crippen molar-refractivity contribution in [3.05, 3.63) is 36.5 Å². The van der Waals surface area contributed by atoms with Crippen molar-refractivity contribution in [2.24, 2.45) is 17.8 Å². The molecule has 76 valence electrons. The first-order chi connectivity index (χ1) is 6.79. The molecule has 1 nitrogen and oxygen atoms in total. The maximum Gasteiger partial charge on any atom is 0.0611 e. The normalized spacial score (nSPS) is 41.6. The molecule has 0 spiro atoms. The summed E-state index contributed by atoms with van der Waals surface area (Å²) < 4.78 is 0. The first-order valence-electron chi connectivity index (χ1n) is 5.49. The van der Waals surface area contributed by atoms with Gasteiger partial charge in [-0.05, 0) is 24.7 Å². The fourth-order valence-corrected chi connectivity index (χ4v) is 2.44. The Kier molecular flexibility index (Phi) is 2.87. The van der Waals surface area contributed by atoms with Crippen molar-refractivity contribution in [2.45, 2.75) is 25.9 Å². The smallest absolute Gasteiger partial charge is 0.0611 e. The van der Waals surface area contributed by atoms with Crippen LogP contribution in [0.2, 0.25) is 0 Å². The molecule has 0 aromatic rings. The van der Waals surface area contributed by atoms with Gasteiger partial charge in [-0.2, -0.15) is 0 Å². The summed E-state index contributed by atoms with van der Waals surface area (Å²) in [5, 5.41) is 9.93. The van der Waals surface area contributed by atoms with E-state index in [-0.39, 0.29) is 6.10 Å². The average molecular weight is 190 g/mol. The van der Waals surface area contributed by atoms with Gasteiger partial charge in [0.05, 0.1) is 6.10 Å². The van der Waals surface area contributed by atoms with Gasteiger partial charge in [0, 0.05) is 5.92 Å². The van der Waals surface area contributed by atoms with Gasteiger partial charge in [-0.3, -0.25) is 0 Å². The summed E-state index contributed by atoms with van der Waals surface area (Å²) in [5.74, 6) is 1.34. The minimum Gasteiger partial charge on any atom is -0.392 e. The SMILES string of the molecule is CC1C=CC=CC1C1C=CCCC1O. The molecule has 0 saturated heterocycles. The van der Waals surface area contributed by atoms with Crippen molar-refractivity contribution in [3.63, 3.8) is 0 Å². The molecule has 0 radical (unpaired) electrons. The predicted octanol–water partition coefficient (Wildman–Crippen LogP) is 2.69. The molecular weight excluding hydrogens is 172 g/mol. The summed E-state index contributed by atoms with van der Waals surface area (Å²) in [6, 6.07) is 0. The zero-order chi connectivity index (χ0) is 9.97. The molecule has 4 atom stereocenters. The van der Waals surface area contributed by atoms with E-state index in [2.05, 4.69) is 43.4 Å². The molecule has 0 amide bonds. The van der Waals surface area contributed by atoms with Crippen LogP contribution in [0.15, 0.2) is 36.5 Å². The lowest BCUT2D eigenvalue weighted by Gasteiger charge is -2.33. The summed E-state index contributed by atoms with van der Waals surface area (Å²) in [4.78, 5) is 0. The number of allylic oxidation sites excluding steroid dienone is 5. The molecule has 4 unspecified atom stereocenters. The Morgan fingerprint density at radius 1 is 1.07 bits per heavy atom. The minimum absolute atomic E-state index is 0.149. The highest BCUT2D eigenvalue weighted by atomic mass is 16.3. The third kappa shape index (κ3) is 1.83. The van der Waals surface area contributed by atoms with E-state index in [0.29, 0.717) is 17.8 Å². The lowest BCUT2D eigenvalue weighted by Crippen LogP contribution is -2.31. The van der Waals surface area contributed by atoms with E-state index in [1.54, 1.807) is 0 Å². The van der Waals surface area contributed by atoms with Crippen molar-refractivity contribution >= 4 is 0 Å². The number of rotatable bonds is 1. The van der Waals surface area contributed by atoms with E-state index < -0.39 is 0 Å². The second-order valence-electron chi connectivity index (χ2n) is 4.36. The summed E-state index contributed by atoms with van der Waals surface area (Å²) in [5.41, 5.74) is 0. The molecule has 2 rings (SSSR count). The van der Waals surface area contributed by atoms with Gasteiger partial charge in [0.15, 0.2) is 0 Å². The average Bonchev–Trinajstić information content (AvgIpc) is 2.20. The Bertz CT molecular complexity index is 275. The molecule has 1 heteroatoms. The van der Waals surface area contributed by atoms with E-state index in [0.717, 1.165) is 12.8 Å². The predicted molar refractivity (Wildman–Crippen MR) is 58.8 cm³/mol. The van der Waals surface area contributed by atoms with Crippen molar-refractivity contribution in [1.82, 2.24) is 0 Å². The maximum absolute atomic E-state index is 9.93. The Balaban J connectivity index is 2.13. The lowest BCUT2D eigenvalue weighted by molar-refractivity contribution is 0.0878. The number of aliphatic hydroxyl groups is 1. The highest BCUT2D eigenvalue weighted by Gasteiger charge is 2.29. The zero-order valence-corrected chi connectivity index (χ0v) is 8.63. The van der Waals surface area contributed by atoms with Gasteiger partial charge in [0.25, 0.3) is 0 Å². The van der Waals surface area contributed by atoms with Crippen LogP contribution in [0, 0.1) is 17.8 Å². The lowest BCUT2D eigenvalue weighted by atomic mass is 9.74. The van der Waals surface area contributed by atoms with Gasteiger partial charge in [-0.15, -0.1) is 0 Å². The van der Waals surface area contributed by atoms with E-state index in [9.17, 15) is 5.11 Å². The van der Waals surface area contributed by atoms with Gasteiger partial charge in [0.1, 0.15) is 0 Å². The fourth-order valence-electron chi connectivity index (χ4n) is 2.44. The van der Waals surface area contributed by atoms with Crippen LogP contribution in [0.5, 0.6) is 0 Å². The Labute approximate surface area is 85.8 Å². The first kappa shape index (κ1) is 9.72. The van der Waals surface area contributed by atoms with Crippen molar-refractivity contribution < 1.29 is 5.11 Å².